The van der Waals surface area contributed by atoms with Gasteiger partial charge in [0.1, 0.15) is 0 Å². The summed E-state index contributed by atoms with van der Waals surface area (Å²) in [4.78, 5) is 13.3. The number of hydrogen-bond acceptors (Lipinski definition) is 3. The molecule has 1 fully saturated rings. The summed E-state index contributed by atoms with van der Waals surface area (Å²) in [5.41, 5.74) is 10.8. The first kappa shape index (κ1) is 10.5. The fourth-order valence-electron chi connectivity index (χ4n) is 1.97. The molecule has 4 nitrogen and oxygen atoms in total. The lowest BCUT2D eigenvalue weighted by atomic mass is 9.84. The van der Waals surface area contributed by atoms with Crippen molar-refractivity contribution in [1.29, 1.82) is 0 Å². The number of amides is 1. The number of primary amides is 1. The van der Waals surface area contributed by atoms with Gasteiger partial charge >= 0.3 is 0 Å². The van der Waals surface area contributed by atoms with Gasteiger partial charge < -0.3 is 16.4 Å². The highest BCUT2D eigenvalue weighted by Crippen LogP contribution is 2.23. The minimum Gasteiger partial charge on any atom is -0.369 e. The first-order valence-electron chi connectivity index (χ1n) is 4.83. The van der Waals surface area contributed by atoms with Crippen molar-refractivity contribution in [2.75, 3.05) is 26.7 Å². The molecule has 0 aromatic rings. The Balaban J connectivity index is 2.46. The summed E-state index contributed by atoms with van der Waals surface area (Å²) in [6.07, 6.45) is 2.09. The van der Waals surface area contributed by atoms with Crippen molar-refractivity contribution >= 4 is 5.91 Å². The van der Waals surface area contributed by atoms with Gasteiger partial charge in [0.25, 0.3) is 0 Å². The minimum absolute atomic E-state index is 0.117. The quantitative estimate of drug-likeness (QED) is 0.616. The van der Waals surface area contributed by atoms with E-state index in [1.54, 1.807) is 0 Å². The Bertz CT molecular complexity index is 176. The van der Waals surface area contributed by atoms with Crippen molar-refractivity contribution in [3.8, 4) is 0 Å². The second-order valence-electron chi connectivity index (χ2n) is 3.89. The fraction of sp³-hybridized carbons (Fsp3) is 0.889. The highest BCUT2D eigenvalue weighted by atomic mass is 16.1. The zero-order valence-electron chi connectivity index (χ0n) is 8.20. The molecule has 0 aromatic heterocycles. The van der Waals surface area contributed by atoms with Gasteiger partial charge in [-0.05, 0) is 38.9 Å². The average molecular weight is 185 g/mol. The summed E-state index contributed by atoms with van der Waals surface area (Å²) in [7, 11) is 2.10. The molecule has 4 N–H and O–H groups in total. The van der Waals surface area contributed by atoms with Gasteiger partial charge in [-0.2, -0.15) is 0 Å². The summed E-state index contributed by atoms with van der Waals surface area (Å²) >= 11 is 0. The molecule has 1 aliphatic rings. The van der Waals surface area contributed by atoms with Crippen LogP contribution in [0.2, 0.25) is 0 Å². The van der Waals surface area contributed by atoms with Gasteiger partial charge in [-0.1, -0.05) is 0 Å². The highest BCUT2D eigenvalue weighted by Gasteiger charge is 2.27. The summed E-state index contributed by atoms with van der Waals surface area (Å²) in [5, 5.41) is 0. The normalized spacial score (nSPS) is 22.9. The Labute approximate surface area is 79.3 Å². The fourth-order valence-corrected chi connectivity index (χ4v) is 1.97. The second-order valence-corrected chi connectivity index (χ2v) is 3.89. The molecule has 0 spiro atoms. The van der Waals surface area contributed by atoms with E-state index in [4.69, 9.17) is 11.5 Å². The van der Waals surface area contributed by atoms with E-state index >= 15 is 0 Å². The molecule has 0 bridgehead atoms. The maximum Gasteiger partial charge on any atom is 0.222 e. The summed E-state index contributed by atoms with van der Waals surface area (Å²) in [6.45, 7) is 2.49. The first-order chi connectivity index (χ1) is 6.15. The molecule has 1 atom stereocenters. The Hall–Kier alpha value is -0.610. The standard InChI is InChI=1S/C9H19N3O/c1-12-4-2-7(3-5-12)8(6-10)9(11)13/h7-8H,2-6,10H2,1H3,(H2,11,13)/t8-/m1/s1. The highest BCUT2D eigenvalue weighted by molar-refractivity contribution is 5.77. The van der Waals surface area contributed by atoms with E-state index in [0.29, 0.717) is 12.5 Å². The van der Waals surface area contributed by atoms with E-state index in [1.165, 1.54) is 0 Å². The van der Waals surface area contributed by atoms with Crippen LogP contribution in [0, 0.1) is 11.8 Å². The van der Waals surface area contributed by atoms with E-state index in [1.807, 2.05) is 0 Å². The molecule has 13 heavy (non-hydrogen) atoms. The average Bonchev–Trinajstić information content (AvgIpc) is 2.09. The Kier molecular flexibility index (Phi) is 3.69. The number of carbonyl (C=O) groups is 1. The number of likely N-dealkylation sites (tertiary alicyclic amines) is 1. The smallest absolute Gasteiger partial charge is 0.222 e. The predicted molar refractivity (Wildman–Crippen MR) is 52.0 cm³/mol. The lowest BCUT2D eigenvalue weighted by molar-refractivity contribution is -0.123. The van der Waals surface area contributed by atoms with Crippen LogP contribution in [0.15, 0.2) is 0 Å². The predicted octanol–water partition coefficient (Wildman–Crippen LogP) is -0.612. The van der Waals surface area contributed by atoms with Gasteiger partial charge in [0.15, 0.2) is 0 Å². The van der Waals surface area contributed by atoms with Crippen LogP contribution in [-0.2, 0) is 4.79 Å². The molecule has 1 heterocycles. The third kappa shape index (κ3) is 2.67. The topological polar surface area (TPSA) is 72.3 Å². The van der Waals surface area contributed by atoms with E-state index in [9.17, 15) is 4.79 Å². The zero-order chi connectivity index (χ0) is 9.84. The van der Waals surface area contributed by atoms with E-state index in [-0.39, 0.29) is 11.8 Å². The number of hydrogen-bond donors (Lipinski definition) is 2. The number of rotatable bonds is 3. The van der Waals surface area contributed by atoms with Gasteiger partial charge in [-0.3, -0.25) is 4.79 Å². The molecule has 76 valence electrons. The summed E-state index contributed by atoms with van der Waals surface area (Å²) in [6, 6.07) is 0. The molecule has 0 unspecified atom stereocenters. The molecule has 1 rings (SSSR count). The Morgan fingerprint density at radius 1 is 1.54 bits per heavy atom. The van der Waals surface area contributed by atoms with Crippen molar-refractivity contribution in [3.05, 3.63) is 0 Å². The van der Waals surface area contributed by atoms with Gasteiger partial charge in [-0.25, -0.2) is 0 Å². The maximum atomic E-state index is 11.0. The largest absolute Gasteiger partial charge is 0.369 e. The van der Waals surface area contributed by atoms with Crippen molar-refractivity contribution in [2.45, 2.75) is 12.8 Å². The molecule has 4 heteroatoms. The minimum atomic E-state index is -0.239. The molecule has 0 radical (unpaired) electrons. The molecular weight excluding hydrogens is 166 g/mol. The molecule has 1 saturated heterocycles. The molecular formula is C9H19N3O. The molecule has 0 aromatic carbocycles. The van der Waals surface area contributed by atoms with Gasteiger partial charge in [0.2, 0.25) is 5.91 Å². The third-order valence-electron chi connectivity index (χ3n) is 2.95. The van der Waals surface area contributed by atoms with Crippen LogP contribution in [0.1, 0.15) is 12.8 Å². The van der Waals surface area contributed by atoms with Crippen LogP contribution < -0.4 is 11.5 Å². The van der Waals surface area contributed by atoms with Crippen LogP contribution in [0.3, 0.4) is 0 Å². The van der Waals surface area contributed by atoms with Crippen molar-refractivity contribution in [1.82, 2.24) is 4.90 Å². The Morgan fingerprint density at radius 3 is 2.46 bits per heavy atom. The van der Waals surface area contributed by atoms with Crippen molar-refractivity contribution in [2.24, 2.45) is 23.3 Å². The van der Waals surface area contributed by atoms with E-state index < -0.39 is 0 Å². The Morgan fingerprint density at radius 2 is 2.08 bits per heavy atom. The lowest BCUT2D eigenvalue weighted by Gasteiger charge is -2.32. The number of carbonyl (C=O) groups excluding carboxylic acids is 1. The lowest BCUT2D eigenvalue weighted by Crippen LogP contribution is -2.41. The number of nitrogens with zero attached hydrogens (tertiary/aromatic N) is 1. The van der Waals surface area contributed by atoms with Crippen LogP contribution >= 0.6 is 0 Å². The second kappa shape index (κ2) is 4.58. The zero-order valence-corrected chi connectivity index (χ0v) is 8.20. The third-order valence-corrected chi connectivity index (χ3v) is 2.95. The van der Waals surface area contributed by atoms with Gasteiger partial charge in [0, 0.05) is 6.54 Å². The number of nitrogens with two attached hydrogens (primary N) is 2. The summed E-state index contributed by atoms with van der Waals surface area (Å²) in [5.74, 6) is 0.0458. The summed E-state index contributed by atoms with van der Waals surface area (Å²) < 4.78 is 0. The van der Waals surface area contributed by atoms with Crippen LogP contribution in [0.5, 0.6) is 0 Å². The number of piperidine rings is 1. The van der Waals surface area contributed by atoms with Crippen molar-refractivity contribution in [3.63, 3.8) is 0 Å². The molecule has 0 saturated carbocycles. The van der Waals surface area contributed by atoms with Crippen LogP contribution in [0.25, 0.3) is 0 Å². The molecule has 0 aliphatic carbocycles. The van der Waals surface area contributed by atoms with Crippen molar-refractivity contribution < 1.29 is 4.79 Å². The SMILES string of the molecule is CN1CCC([C@@H](CN)C(N)=O)CC1. The maximum absolute atomic E-state index is 11.0. The van der Waals surface area contributed by atoms with E-state index in [2.05, 4.69) is 11.9 Å². The van der Waals surface area contributed by atoms with Crippen LogP contribution in [0.4, 0.5) is 0 Å². The molecule has 1 aliphatic heterocycles. The molecule has 1 amide bonds. The van der Waals surface area contributed by atoms with Crippen LogP contribution in [-0.4, -0.2) is 37.5 Å². The van der Waals surface area contributed by atoms with Gasteiger partial charge in [-0.15, -0.1) is 0 Å². The van der Waals surface area contributed by atoms with E-state index in [0.717, 1.165) is 25.9 Å². The first-order valence-corrected chi connectivity index (χ1v) is 4.83. The van der Waals surface area contributed by atoms with Gasteiger partial charge in [0.05, 0.1) is 5.92 Å². The monoisotopic (exact) mass is 185 g/mol.